The zero-order chi connectivity index (χ0) is 25.3. The minimum atomic E-state index is -0.425. The molecule has 1 aliphatic heterocycles. The van der Waals surface area contributed by atoms with Crippen molar-refractivity contribution in [3.05, 3.63) is 113 Å². The Morgan fingerprint density at radius 2 is 1.44 bits per heavy atom. The summed E-state index contributed by atoms with van der Waals surface area (Å²) in [5.41, 5.74) is 3.53. The molecule has 0 atom stereocenters. The lowest BCUT2D eigenvalue weighted by Gasteiger charge is -2.39. The number of rotatable bonds is 7. The molecule has 0 aromatic heterocycles. The summed E-state index contributed by atoms with van der Waals surface area (Å²) in [6.07, 6.45) is 1.42. The summed E-state index contributed by atoms with van der Waals surface area (Å²) in [5, 5.41) is 12.6. The summed E-state index contributed by atoms with van der Waals surface area (Å²) < 4.78 is 4.69. The monoisotopic (exact) mass is 480 g/mol. The number of esters is 1. The lowest BCUT2D eigenvalue weighted by Crippen LogP contribution is -2.50. The molecule has 0 unspecified atom stereocenters. The molecule has 36 heavy (non-hydrogen) atoms. The van der Waals surface area contributed by atoms with E-state index in [9.17, 15) is 14.9 Å². The molecule has 1 amide bonds. The van der Waals surface area contributed by atoms with Gasteiger partial charge in [0.1, 0.15) is 11.6 Å². The van der Waals surface area contributed by atoms with Crippen LogP contribution in [0.15, 0.2) is 96.7 Å². The van der Waals surface area contributed by atoms with Crippen LogP contribution in [0.5, 0.6) is 0 Å². The van der Waals surface area contributed by atoms with Crippen molar-refractivity contribution in [1.82, 2.24) is 9.80 Å². The molecule has 0 radical (unpaired) electrons. The third-order valence-electron chi connectivity index (χ3n) is 6.24. The lowest BCUT2D eigenvalue weighted by atomic mass is 9.96. The molecular weight excluding hydrogens is 452 g/mol. The van der Waals surface area contributed by atoms with Crippen LogP contribution >= 0.6 is 0 Å². The van der Waals surface area contributed by atoms with Gasteiger partial charge in [-0.05, 0) is 35.4 Å². The fraction of sp³-hybridized carbons (Fsp3) is 0.207. The topological polar surface area (TPSA) is 85.7 Å². The Kier molecular flexibility index (Phi) is 8.12. The Hall–Kier alpha value is -4.41. The van der Waals surface area contributed by atoms with E-state index in [0.29, 0.717) is 37.4 Å². The van der Waals surface area contributed by atoms with Gasteiger partial charge in [-0.3, -0.25) is 9.69 Å². The number of ether oxygens (including phenoxy) is 1. The molecule has 7 heteroatoms. The second-order valence-electron chi connectivity index (χ2n) is 8.44. The molecule has 3 aromatic carbocycles. The largest absolute Gasteiger partial charge is 0.465 e. The Balaban J connectivity index is 1.41. The van der Waals surface area contributed by atoms with E-state index >= 15 is 0 Å². The van der Waals surface area contributed by atoms with Crippen molar-refractivity contribution in [3.8, 4) is 6.07 Å². The average Bonchev–Trinajstić information content (AvgIpc) is 2.95. The third-order valence-corrected chi connectivity index (χ3v) is 6.24. The fourth-order valence-corrected chi connectivity index (χ4v) is 4.36. The summed E-state index contributed by atoms with van der Waals surface area (Å²) in [7, 11) is 1.32. The van der Waals surface area contributed by atoms with Crippen LogP contribution in [0.3, 0.4) is 0 Å². The number of carbonyl (C=O) groups is 2. The first-order chi connectivity index (χ1) is 17.6. The number of benzene rings is 3. The minimum Gasteiger partial charge on any atom is -0.465 e. The molecule has 0 saturated carbocycles. The van der Waals surface area contributed by atoms with Crippen molar-refractivity contribution in [2.24, 2.45) is 0 Å². The van der Waals surface area contributed by atoms with Gasteiger partial charge >= 0.3 is 5.97 Å². The number of methoxy groups -OCH3 is 1. The molecule has 1 N–H and O–H groups in total. The van der Waals surface area contributed by atoms with Crippen LogP contribution in [0, 0.1) is 11.3 Å². The molecule has 1 aliphatic rings. The highest BCUT2D eigenvalue weighted by Crippen LogP contribution is 2.29. The number of amides is 1. The Labute approximate surface area is 211 Å². The van der Waals surface area contributed by atoms with Gasteiger partial charge in [-0.1, -0.05) is 60.7 Å². The van der Waals surface area contributed by atoms with Crippen LogP contribution in [0.4, 0.5) is 5.69 Å². The van der Waals surface area contributed by atoms with Crippen LogP contribution in [-0.4, -0.2) is 55.0 Å². The average molecular weight is 481 g/mol. The number of carbonyl (C=O) groups excluding carboxylic acids is 2. The van der Waals surface area contributed by atoms with E-state index < -0.39 is 5.97 Å². The first-order valence-corrected chi connectivity index (χ1v) is 11.8. The molecular formula is C29H28N4O3. The van der Waals surface area contributed by atoms with Crippen LogP contribution < -0.4 is 5.32 Å². The highest BCUT2D eigenvalue weighted by molar-refractivity contribution is 5.97. The van der Waals surface area contributed by atoms with Crippen molar-refractivity contribution in [2.75, 3.05) is 38.6 Å². The molecule has 1 fully saturated rings. The van der Waals surface area contributed by atoms with Gasteiger partial charge in [-0.15, -0.1) is 0 Å². The molecule has 182 valence electrons. The SMILES string of the molecule is COC(=O)c1ccc(N/C=C(/C#N)C(=O)N2CCN(C(c3ccccc3)c3ccccc3)CC2)cc1. The van der Waals surface area contributed by atoms with Crippen molar-refractivity contribution >= 4 is 17.6 Å². The summed E-state index contributed by atoms with van der Waals surface area (Å²) in [4.78, 5) is 28.7. The van der Waals surface area contributed by atoms with E-state index in [1.165, 1.54) is 24.4 Å². The van der Waals surface area contributed by atoms with Gasteiger partial charge in [-0.2, -0.15) is 5.26 Å². The van der Waals surface area contributed by atoms with Crippen LogP contribution in [-0.2, 0) is 9.53 Å². The highest BCUT2D eigenvalue weighted by atomic mass is 16.5. The second-order valence-corrected chi connectivity index (χ2v) is 8.44. The maximum absolute atomic E-state index is 13.1. The van der Waals surface area contributed by atoms with E-state index in [1.54, 1.807) is 29.2 Å². The quantitative estimate of drug-likeness (QED) is 0.310. The van der Waals surface area contributed by atoms with Crippen LogP contribution in [0.25, 0.3) is 0 Å². The second kappa shape index (κ2) is 11.8. The van der Waals surface area contributed by atoms with Gasteiger partial charge in [0.15, 0.2) is 0 Å². The lowest BCUT2D eigenvalue weighted by molar-refractivity contribution is -0.128. The Bertz CT molecular complexity index is 1200. The molecule has 0 bridgehead atoms. The Morgan fingerprint density at radius 1 is 0.889 bits per heavy atom. The zero-order valence-electron chi connectivity index (χ0n) is 20.1. The predicted molar refractivity (Wildman–Crippen MR) is 138 cm³/mol. The summed E-state index contributed by atoms with van der Waals surface area (Å²) >= 11 is 0. The molecule has 3 aromatic rings. The van der Waals surface area contributed by atoms with Crippen LogP contribution in [0.1, 0.15) is 27.5 Å². The van der Waals surface area contributed by atoms with Gasteiger partial charge in [-0.25, -0.2) is 4.79 Å². The number of hydrogen-bond donors (Lipinski definition) is 1. The van der Waals surface area contributed by atoms with E-state index in [-0.39, 0.29) is 17.5 Å². The fourth-order valence-electron chi connectivity index (χ4n) is 4.36. The third kappa shape index (κ3) is 5.80. The molecule has 7 nitrogen and oxygen atoms in total. The zero-order valence-corrected chi connectivity index (χ0v) is 20.1. The van der Waals surface area contributed by atoms with Gasteiger partial charge in [0, 0.05) is 38.1 Å². The van der Waals surface area contributed by atoms with E-state index in [0.717, 1.165) is 0 Å². The van der Waals surface area contributed by atoms with Gasteiger partial charge in [0.2, 0.25) is 0 Å². The number of nitrogens with one attached hydrogen (secondary N) is 1. The van der Waals surface area contributed by atoms with Gasteiger partial charge in [0.05, 0.1) is 18.7 Å². The maximum atomic E-state index is 13.1. The van der Waals surface area contributed by atoms with E-state index in [1.807, 2.05) is 42.5 Å². The maximum Gasteiger partial charge on any atom is 0.337 e. The number of nitrogens with zero attached hydrogens (tertiary/aromatic N) is 3. The number of anilines is 1. The van der Waals surface area contributed by atoms with Crippen molar-refractivity contribution < 1.29 is 14.3 Å². The number of hydrogen-bond acceptors (Lipinski definition) is 6. The predicted octanol–water partition coefficient (Wildman–Crippen LogP) is 4.23. The highest BCUT2D eigenvalue weighted by Gasteiger charge is 2.29. The standard InChI is InChI=1S/C29H28N4O3/c1-36-29(35)24-12-14-26(15-13-24)31-21-25(20-30)28(34)33-18-16-32(17-19-33)27(22-8-4-2-5-9-22)23-10-6-3-7-11-23/h2-15,21,27,31H,16-19H2,1H3/b25-21-. The first kappa shape index (κ1) is 24.7. The van der Waals surface area contributed by atoms with Crippen molar-refractivity contribution in [1.29, 1.82) is 5.26 Å². The van der Waals surface area contributed by atoms with Gasteiger partial charge < -0.3 is 15.0 Å². The van der Waals surface area contributed by atoms with Crippen LogP contribution in [0.2, 0.25) is 0 Å². The minimum absolute atomic E-state index is 0.0307. The summed E-state index contributed by atoms with van der Waals surface area (Å²) in [6.45, 7) is 2.45. The van der Waals surface area contributed by atoms with E-state index in [2.05, 4.69) is 34.5 Å². The smallest absolute Gasteiger partial charge is 0.337 e. The molecule has 1 heterocycles. The molecule has 0 aliphatic carbocycles. The normalized spacial score (nSPS) is 14.2. The molecule has 4 rings (SSSR count). The summed E-state index contributed by atoms with van der Waals surface area (Å²) in [6, 6.07) is 29.5. The number of piperazine rings is 1. The Morgan fingerprint density at radius 3 is 1.94 bits per heavy atom. The number of nitriles is 1. The van der Waals surface area contributed by atoms with Crippen molar-refractivity contribution in [2.45, 2.75) is 6.04 Å². The molecule has 0 spiro atoms. The first-order valence-electron chi connectivity index (χ1n) is 11.8. The summed E-state index contributed by atoms with van der Waals surface area (Å²) in [5.74, 6) is -0.724. The molecule has 1 saturated heterocycles. The van der Waals surface area contributed by atoms with E-state index in [4.69, 9.17) is 4.74 Å². The van der Waals surface area contributed by atoms with Crippen molar-refractivity contribution in [3.63, 3.8) is 0 Å². The van der Waals surface area contributed by atoms with Gasteiger partial charge in [0.25, 0.3) is 5.91 Å².